The van der Waals surface area contributed by atoms with E-state index in [9.17, 15) is 9.59 Å². The Morgan fingerprint density at radius 2 is 1.87 bits per heavy atom. The highest BCUT2D eigenvalue weighted by atomic mass is 16.5. The molecule has 0 fully saturated rings. The van der Waals surface area contributed by atoms with E-state index < -0.39 is 12.0 Å². The molecule has 0 radical (unpaired) electrons. The fourth-order valence-corrected chi connectivity index (χ4v) is 0.887. The number of methoxy groups -OCH3 is 1. The summed E-state index contributed by atoms with van der Waals surface area (Å²) < 4.78 is 4.53. The lowest BCUT2D eigenvalue weighted by Crippen LogP contribution is -2.44. The lowest BCUT2D eigenvalue weighted by molar-refractivity contribution is -0.145. The molecular weight excluding hydrogens is 194 g/mol. The summed E-state index contributed by atoms with van der Waals surface area (Å²) >= 11 is 0. The van der Waals surface area contributed by atoms with E-state index in [1.54, 1.807) is 13.0 Å². The number of rotatable bonds is 4. The monoisotopic (exact) mass is 215 g/mol. The third-order valence-corrected chi connectivity index (χ3v) is 1.71. The van der Waals surface area contributed by atoms with Crippen molar-refractivity contribution in [2.24, 2.45) is 5.92 Å². The Morgan fingerprint density at radius 3 is 2.13 bits per heavy atom. The SMILES string of the molecule is C=CC(C)C(NC(C)=O)C(=O)OC.CC. The molecule has 0 aromatic carbocycles. The lowest BCUT2D eigenvalue weighted by Gasteiger charge is -2.19. The van der Waals surface area contributed by atoms with Gasteiger partial charge in [-0.1, -0.05) is 26.8 Å². The first-order valence-electron chi connectivity index (χ1n) is 5.00. The van der Waals surface area contributed by atoms with Gasteiger partial charge >= 0.3 is 5.97 Å². The molecule has 0 spiro atoms. The van der Waals surface area contributed by atoms with Gasteiger partial charge < -0.3 is 10.1 Å². The molecule has 1 amide bonds. The summed E-state index contributed by atoms with van der Waals surface area (Å²) in [6.07, 6.45) is 1.59. The van der Waals surface area contributed by atoms with E-state index in [1.807, 2.05) is 13.8 Å². The summed E-state index contributed by atoms with van der Waals surface area (Å²) in [6.45, 7) is 10.7. The maximum Gasteiger partial charge on any atom is 0.328 e. The fourth-order valence-electron chi connectivity index (χ4n) is 0.887. The highest BCUT2D eigenvalue weighted by Gasteiger charge is 2.24. The fraction of sp³-hybridized carbons (Fsp3) is 0.636. The number of ether oxygens (including phenoxy) is 1. The zero-order valence-corrected chi connectivity index (χ0v) is 10.2. The van der Waals surface area contributed by atoms with Gasteiger partial charge in [0.05, 0.1) is 7.11 Å². The third-order valence-electron chi connectivity index (χ3n) is 1.71. The van der Waals surface area contributed by atoms with Crippen molar-refractivity contribution in [3.63, 3.8) is 0 Å². The van der Waals surface area contributed by atoms with Crippen LogP contribution in [-0.4, -0.2) is 25.0 Å². The lowest BCUT2D eigenvalue weighted by atomic mass is 10.0. The Kier molecular flexibility index (Phi) is 9.94. The van der Waals surface area contributed by atoms with Crippen LogP contribution < -0.4 is 5.32 Å². The van der Waals surface area contributed by atoms with Crippen molar-refractivity contribution < 1.29 is 14.3 Å². The zero-order chi connectivity index (χ0) is 12.4. The Bertz CT molecular complexity index is 214. The maximum absolute atomic E-state index is 11.2. The summed E-state index contributed by atoms with van der Waals surface area (Å²) in [7, 11) is 1.28. The first-order valence-corrected chi connectivity index (χ1v) is 5.00. The average molecular weight is 215 g/mol. The van der Waals surface area contributed by atoms with Crippen molar-refractivity contribution in [3.8, 4) is 0 Å². The molecule has 1 N–H and O–H groups in total. The molecular formula is C11H21NO3. The molecule has 0 heterocycles. The zero-order valence-electron chi connectivity index (χ0n) is 10.2. The van der Waals surface area contributed by atoms with Crippen LogP contribution in [0.4, 0.5) is 0 Å². The summed E-state index contributed by atoms with van der Waals surface area (Å²) in [5.74, 6) is -0.858. The standard InChI is InChI=1S/C9H15NO3.C2H6/c1-5-6(2)8(9(12)13-4)10-7(3)11;1-2/h5-6,8H,1H2,2-4H3,(H,10,11);1-2H3. The minimum Gasteiger partial charge on any atom is -0.467 e. The van der Waals surface area contributed by atoms with Gasteiger partial charge in [0.15, 0.2) is 0 Å². The normalized spacial score (nSPS) is 12.6. The van der Waals surface area contributed by atoms with Crippen LogP contribution in [0.3, 0.4) is 0 Å². The number of esters is 1. The third kappa shape index (κ3) is 6.71. The van der Waals surface area contributed by atoms with Crippen LogP contribution in [0.1, 0.15) is 27.7 Å². The highest BCUT2D eigenvalue weighted by Crippen LogP contribution is 2.05. The second-order valence-electron chi connectivity index (χ2n) is 2.80. The van der Waals surface area contributed by atoms with Crippen LogP contribution in [0.15, 0.2) is 12.7 Å². The van der Waals surface area contributed by atoms with Gasteiger partial charge in [0.1, 0.15) is 6.04 Å². The second-order valence-corrected chi connectivity index (χ2v) is 2.80. The summed E-state index contributed by atoms with van der Waals surface area (Å²) in [6, 6.07) is -0.639. The van der Waals surface area contributed by atoms with Gasteiger partial charge in [0.2, 0.25) is 5.91 Å². The molecule has 15 heavy (non-hydrogen) atoms. The molecule has 0 aliphatic carbocycles. The van der Waals surface area contributed by atoms with Gasteiger partial charge in [-0.15, -0.1) is 6.58 Å². The summed E-state index contributed by atoms with van der Waals surface area (Å²) in [5.41, 5.74) is 0. The average Bonchev–Trinajstić information content (AvgIpc) is 2.26. The van der Waals surface area contributed by atoms with E-state index in [-0.39, 0.29) is 11.8 Å². The highest BCUT2D eigenvalue weighted by molar-refractivity contribution is 5.83. The second kappa shape index (κ2) is 9.24. The van der Waals surface area contributed by atoms with Gasteiger partial charge in [-0.25, -0.2) is 4.79 Å². The molecule has 4 heteroatoms. The Balaban J connectivity index is 0. The Hall–Kier alpha value is -1.32. The van der Waals surface area contributed by atoms with Crippen LogP contribution in [-0.2, 0) is 14.3 Å². The molecule has 0 bridgehead atoms. The van der Waals surface area contributed by atoms with Crippen LogP contribution in [0.5, 0.6) is 0 Å². The van der Waals surface area contributed by atoms with E-state index >= 15 is 0 Å². The predicted molar refractivity (Wildman–Crippen MR) is 60.3 cm³/mol. The molecule has 0 saturated heterocycles. The molecule has 4 nitrogen and oxygen atoms in total. The number of hydrogen-bond acceptors (Lipinski definition) is 3. The van der Waals surface area contributed by atoms with Crippen LogP contribution in [0.2, 0.25) is 0 Å². The first kappa shape index (κ1) is 16.1. The molecule has 0 aliphatic rings. The van der Waals surface area contributed by atoms with Crippen molar-refractivity contribution in [3.05, 3.63) is 12.7 Å². The maximum atomic E-state index is 11.2. The summed E-state index contributed by atoms with van der Waals surface area (Å²) in [4.78, 5) is 21.9. The minimum absolute atomic E-state index is 0.142. The van der Waals surface area contributed by atoms with Gasteiger partial charge in [-0.05, 0) is 0 Å². The van der Waals surface area contributed by atoms with E-state index in [1.165, 1.54) is 14.0 Å². The molecule has 2 atom stereocenters. The van der Waals surface area contributed by atoms with Gasteiger partial charge in [-0.2, -0.15) is 0 Å². The number of carbonyl (C=O) groups is 2. The van der Waals surface area contributed by atoms with Crippen LogP contribution in [0.25, 0.3) is 0 Å². The molecule has 88 valence electrons. The number of nitrogens with one attached hydrogen (secondary N) is 1. The van der Waals surface area contributed by atoms with E-state index in [2.05, 4.69) is 16.6 Å². The number of carbonyl (C=O) groups excluding carboxylic acids is 2. The predicted octanol–water partition coefficient (Wildman–Crippen LogP) is 1.51. The number of hydrogen-bond donors (Lipinski definition) is 1. The van der Waals surface area contributed by atoms with Crippen LogP contribution in [0, 0.1) is 5.92 Å². The minimum atomic E-state index is -0.639. The van der Waals surface area contributed by atoms with E-state index in [0.29, 0.717) is 0 Å². The topological polar surface area (TPSA) is 55.4 Å². The molecule has 0 saturated carbocycles. The quantitative estimate of drug-likeness (QED) is 0.571. The largest absolute Gasteiger partial charge is 0.467 e. The first-order chi connectivity index (χ1) is 7.02. The van der Waals surface area contributed by atoms with Crippen molar-refractivity contribution >= 4 is 11.9 Å². The molecule has 0 rings (SSSR count). The van der Waals surface area contributed by atoms with Crippen molar-refractivity contribution in [1.29, 1.82) is 0 Å². The molecule has 0 aromatic rings. The van der Waals surface area contributed by atoms with E-state index in [4.69, 9.17) is 0 Å². The van der Waals surface area contributed by atoms with Crippen molar-refractivity contribution in [2.75, 3.05) is 7.11 Å². The van der Waals surface area contributed by atoms with Crippen molar-refractivity contribution in [2.45, 2.75) is 33.7 Å². The van der Waals surface area contributed by atoms with Crippen LogP contribution >= 0.6 is 0 Å². The summed E-state index contributed by atoms with van der Waals surface area (Å²) in [5, 5.41) is 2.50. The smallest absolute Gasteiger partial charge is 0.328 e. The van der Waals surface area contributed by atoms with E-state index in [0.717, 1.165) is 0 Å². The van der Waals surface area contributed by atoms with Gasteiger partial charge in [-0.3, -0.25) is 4.79 Å². The number of amides is 1. The van der Waals surface area contributed by atoms with Gasteiger partial charge in [0, 0.05) is 12.8 Å². The molecule has 0 aromatic heterocycles. The van der Waals surface area contributed by atoms with Gasteiger partial charge in [0.25, 0.3) is 0 Å². The molecule has 0 aliphatic heterocycles. The molecule has 2 unspecified atom stereocenters. The van der Waals surface area contributed by atoms with Crippen molar-refractivity contribution in [1.82, 2.24) is 5.32 Å². The Morgan fingerprint density at radius 1 is 1.40 bits per heavy atom. The Labute approximate surface area is 91.7 Å².